The minimum atomic E-state index is 0.284. The minimum Gasteiger partial charge on any atom is -0.472 e. The zero-order chi connectivity index (χ0) is 19.5. The molecule has 1 saturated carbocycles. The fraction of sp³-hybridized carbons (Fsp3) is 0.545. The van der Waals surface area contributed by atoms with E-state index in [1.165, 1.54) is 24.8 Å². The zero-order valence-corrected chi connectivity index (χ0v) is 16.8. The van der Waals surface area contributed by atoms with E-state index in [-0.39, 0.29) is 6.10 Å². The Morgan fingerprint density at radius 3 is 2.59 bits per heavy atom. The number of rotatable bonds is 5. The molecule has 7 nitrogen and oxygen atoms in total. The average molecular weight is 396 g/mol. The van der Waals surface area contributed by atoms with Crippen molar-refractivity contribution < 1.29 is 14.2 Å². The van der Waals surface area contributed by atoms with Gasteiger partial charge in [0.1, 0.15) is 6.10 Å². The second-order valence-corrected chi connectivity index (χ2v) is 8.01. The van der Waals surface area contributed by atoms with Gasteiger partial charge in [0.15, 0.2) is 17.3 Å². The number of nitrogens with zero attached hydrogens (tertiary/aromatic N) is 4. The summed E-state index contributed by atoms with van der Waals surface area (Å²) in [6.45, 7) is 5.04. The molecule has 2 fully saturated rings. The molecule has 2 aliphatic heterocycles. The van der Waals surface area contributed by atoms with Crippen LogP contribution in [0.3, 0.4) is 0 Å². The lowest BCUT2D eigenvalue weighted by Crippen LogP contribution is -2.46. The number of ether oxygens (including phenoxy) is 3. The third kappa shape index (κ3) is 4.24. The number of hydrogen-bond donors (Lipinski definition) is 0. The van der Waals surface area contributed by atoms with E-state index >= 15 is 0 Å². The topological polar surface area (TPSA) is 60.0 Å². The molecule has 1 aromatic heterocycles. The molecule has 1 aliphatic carbocycles. The van der Waals surface area contributed by atoms with Crippen molar-refractivity contribution in [3.8, 4) is 17.4 Å². The van der Waals surface area contributed by atoms with Gasteiger partial charge in [0.05, 0.1) is 0 Å². The van der Waals surface area contributed by atoms with Crippen molar-refractivity contribution in [2.45, 2.75) is 44.8 Å². The fourth-order valence-corrected chi connectivity index (χ4v) is 4.37. The summed E-state index contributed by atoms with van der Waals surface area (Å²) in [7, 11) is 0. The lowest BCUT2D eigenvalue weighted by Gasteiger charge is -2.36. The largest absolute Gasteiger partial charge is 0.472 e. The van der Waals surface area contributed by atoms with Crippen molar-refractivity contribution in [3.63, 3.8) is 0 Å². The Hall–Kier alpha value is -2.54. The standard InChI is InChI=1S/C22H28N4O3/c1-2-4-18(5-3-1)29-22-21(23-8-9-24-22)26-12-10-25(11-13-26)15-17-6-7-19-20(14-17)28-16-27-19/h6-9,14,18H,1-5,10-13,15-16H2. The second kappa shape index (κ2) is 8.45. The van der Waals surface area contributed by atoms with Crippen molar-refractivity contribution in [3.05, 3.63) is 36.2 Å². The molecule has 1 aromatic carbocycles. The maximum absolute atomic E-state index is 6.25. The third-order valence-corrected chi connectivity index (χ3v) is 5.99. The van der Waals surface area contributed by atoms with Gasteiger partial charge >= 0.3 is 0 Å². The van der Waals surface area contributed by atoms with Crippen molar-refractivity contribution in [1.82, 2.24) is 14.9 Å². The summed E-state index contributed by atoms with van der Waals surface area (Å²) < 4.78 is 17.2. The van der Waals surface area contributed by atoms with Gasteiger partial charge in [-0.25, -0.2) is 9.97 Å². The molecule has 3 heterocycles. The van der Waals surface area contributed by atoms with Crippen LogP contribution in [0.1, 0.15) is 37.7 Å². The van der Waals surface area contributed by atoms with Gasteiger partial charge in [-0.05, 0) is 43.4 Å². The maximum Gasteiger partial charge on any atom is 0.257 e. The first-order valence-corrected chi connectivity index (χ1v) is 10.7. The van der Waals surface area contributed by atoms with Crippen LogP contribution in [0.2, 0.25) is 0 Å². The van der Waals surface area contributed by atoms with E-state index in [0.717, 1.165) is 62.9 Å². The highest BCUT2D eigenvalue weighted by atomic mass is 16.7. The normalized spacial score (nSPS) is 20.1. The Morgan fingerprint density at radius 2 is 1.72 bits per heavy atom. The molecule has 0 atom stereocenters. The van der Waals surface area contributed by atoms with Crippen LogP contribution in [-0.2, 0) is 6.54 Å². The number of aromatic nitrogens is 2. The van der Waals surface area contributed by atoms with Gasteiger partial charge in [0.2, 0.25) is 6.79 Å². The Morgan fingerprint density at radius 1 is 0.931 bits per heavy atom. The van der Waals surface area contributed by atoms with E-state index in [9.17, 15) is 0 Å². The van der Waals surface area contributed by atoms with E-state index in [4.69, 9.17) is 14.2 Å². The first-order chi connectivity index (χ1) is 14.3. The molecule has 154 valence electrons. The Kier molecular flexibility index (Phi) is 5.39. The molecule has 0 amide bonds. The van der Waals surface area contributed by atoms with Crippen LogP contribution in [-0.4, -0.2) is 53.9 Å². The number of piperazine rings is 1. The van der Waals surface area contributed by atoms with Crippen LogP contribution in [0, 0.1) is 0 Å². The highest BCUT2D eigenvalue weighted by Gasteiger charge is 2.24. The molecule has 1 saturated heterocycles. The van der Waals surface area contributed by atoms with Crippen molar-refractivity contribution >= 4 is 5.82 Å². The van der Waals surface area contributed by atoms with Crippen LogP contribution >= 0.6 is 0 Å². The molecule has 29 heavy (non-hydrogen) atoms. The lowest BCUT2D eigenvalue weighted by molar-refractivity contribution is 0.148. The van der Waals surface area contributed by atoms with Gasteiger partial charge in [0.25, 0.3) is 5.88 Å². The molecule has 0 N–H and O–H groups in total. The van der Waals surface area contributed by atoms with Crippen LogP contribution in [0.4, 0.5) is 5.82 Å². The summed E-state index contributed by atoms with van der Waals surface area (Å²) in [5.41, 5.74) is 1.25. The predicted octanol–water partition coefficient (Wildman–Crippen LogP) is 3.24. The van der Waals surface area contributed by atoms with Gasteiger partial charge in [-0.3, -0.25) is 4.90 Å². The predicted molar refractivity (Wildman–Crippen MR) is 110 cm³/mol. The van der Waals surface area contributed by atoms with Crippen molar-refractivity contribution in [2.75, 3.05) is 37.9 Å². The molecule has 2 aromatic rings. The SMILES string of the molecule is c1cnc(N2CCN(Cc3ccc4c(c3)OCO4)CC2)c(OC2CCCCC2)n1. The van der Waals surface area contributed by atoms with Crippen LogP contribution < -0.4 is 19.1 Å². The Balaban J connectivity index is 1.19. The smallest absolute Gasteiger partial charge is 0.257 e. The molecule has 0 radical (unpaired) electrons. The zero-order valence-electron chi connectivity index (χ0n) is 16.8. The highest BCUT2D eigenvalue weighted by molar-refractivity contribution is 5.48. The maximum atomic E-state index is 6.25. The fourth-order valence-electron chi connectivity index (χ4n) is 4.37. The van der Waals surface area contributed by atoms with Gasteiger partial charge in [0, 0.05) is 45.1 Å². The lowest BCUT2D eigenvalue weighted by atomic mass is 9.98. The summed E-state index contributed by atoms with van der Waals surface area (Å²) >= 11 is 0. The average Bonchev–Trinajstić information content (AvgIpc) is 3.24. The molecule has 0 unspecified atom stereocenters. The Bertz CT molecular complexity index is 833. The molecule has 7 heteroatoms. The second-order valence-electron chi connectivity index (χ2n) is 8.01. The molecular weight excluding hydrogens is 368 g/mol. The summed E-state index contributed by atoms with van der Waals surface area (Å²) in [5.74, 6) is 3.28. The molecule has 0 spiro atoms. The van der Waals surface area contributed by atoms with Crippen LogP contribution in [0.25, 0.3) is 0 Å². The van der Waals surface area contributed by atoms with Crippen molar-refractivity contribution in [1.29, 1.82) is 0 Å². The van der Waals surface area contributed by atoms with E-state index in [1.807, 2.05) is 6.07 Å². The number of anilines is 1. The number of benzene rings is 1. The van der Waals surface area contributed by atoms with Gasteiger partial charge in [-0.1, -0.05) is 12.5 Å². The summed E-state index contributed by atoms with van der Waals surface area (Å²) in [4.78, 5) is 13.9. The van der Waals surface area contributed by atoms with E-state index in [1.54, 1.807) is 12.4 Å². The quantitative estimate of drug-likeness (QED) is 0.769. The summed E-state index contributed by atoms with van der Waals surface area (Å²) in [5, 5.41) is 0. The van der Waals surface area contributed by atoms with E-state index in [2.05, 4.69) is 31.9 Å². The summed E-state index contributed by atoms with van der Waals surface area (Å²) in [6, 6.07) is 6.22. The minimum absolute atomic E-state index is 0.284. The van der Waals surface area contributed by atoms with Gasteiger partial charge in [-0.15, -0.1) is 0 Å². The third-order valence-electron chi connectivity index (χ3n) is 5.99. The van der Waals surface area contributed by atoms with Gasteiger partial charge in [-0.2, -0.15) is 0 Å². The highest BCUT2D eigenvalue weighted by Crippen LogP contribution is 2.33. The Labute approximate surface area is 171 Å². The number of hydrogen-bond acceptors (Lipinski definition) is 7. The molecule has 5 rings (SSSR count). The van der Waals surface area contributed by atoms with E-state index in [0.29, 0.717) is 12.7 Å². The number of fused-ring (bicyclic) bond motifs is 1. The monoisotopic (exact) mass is 396 g/mol. The van der Waals surface area contributed by atoms with E-state index < -0.39 is 0 Å². The molecule has 3 aliphatic rings. The summed E-state index contributed by atoms with van der Waals surface area (Å²) in [6.07, 6.45) is 9.85. The first-order valence-electron chi connectivity index (χ1n) is 10.7. The molecule has 0 bridgehead atoms. The van der Waals surface area contributed by atoms with Crippen LogP contribution in [0.5, 0.6) is 17.4 Å². The van der Waals surface area contributed by atoms with Crippen LogP contribution in [0.15, 0.2) is 30.6 Å². The van der Waals surface area contributed by atoms with Crippen molar-refractivity contribution in [2.24, 2.45) is 0 Å². The first kappa shape index (κ1) is 18.5. The molecular formula is C22H28N4O3. The van der Waals surface area contributed by atoms with Gasteiger partial charge < -0.3 is 19.1 Å².